The molecule has 1 aliphatic rings. The van der Waals surface area contributed by atoms with Gasteiger partial charge >= 0.3 is 0 Å². The quantitative estimate of drug-likeness (QED) is 0.650. The largest absolute Gasteiger partial charge is 0.298 e. The summed E-state index contributed by atoms with van der Waals surface area (Å²) in [7, 11) is 0. The summed E-state index contributed by atoms with van der Waals surface area (Å²) in [5.41, 5.74) is 0.577. The van der Waals surface area contributed by atoms with E-state index in [0.717, 1.165) is 11.8 Å². The van der Waals surface area contributed by atoms with Gasteiger partial charge in [-0.25, -0.2) is 4.39 Å². The number of hydrogen-bond donors (Lipinski definition) is 0. The third-order valence-electron chi connectivity index (χ3n) is 2.40. The molecule has 68 valence electrons. The molecule has 0 amide bonds. The Bertz CT molecular complexity index is 329. The smallest absolute Gasteiger partial charge is 0.150 e. The molecule has 1 saturated carbocycles. The minimum absolute atomic E-state index is 0.453. The van der Waals surface area contributed by atoms with E-state index in [0.29, 0.717) is 24.8 Å². The average Bonchev–Trinajstić information content (AvgIpc) is 2.84. The molecule has 0 radical (unpaired) electrons. The first-order chi connectivity index (χ1) is 6.22. The van der Waals surface area contributed by atoms with Crippen LogP contribution in [-0.4, -0.2) is 12.0 Å². The van der Waals surface area contributed by atoms with Crippen LogP contribution >= 0.6 is 0 Å². The van der Waals surface area contributed by atoms with Gasteiger partial charge in [0.25, 0.3) is 0 Å². The zero-order chi connectivity index (χ0) is 9.31. The predicted octanol–water partition coefficient (Wildman–Crippen LogP) is 2.54. The van der Waals surface area contributed by atoms with E-state index < -0.39 is 5.67 Å². The summed E-state index contributed by atoms with van der Waals surface area (Å²) >= 11 is 0. The van der Waals surface area contributed by atoms with Gasteiger partial charge in [0.2, 0.25) is 0 Å². The van der Waals surface area contributed by atoms with E-state index in [1.54, 1.807) is 18.2 Å². The highest BCUT2D eigenvalue weighted by Gasteiger charge is 2.42. The molecule has 1 aromatic rings. The van der Waals surface area contributed by atoms with Crippen LogP contribution in [0.4, 0.5) is 4.39 Å². The third kappa shape index (κ3) is 1.94. The Morgan fingerprint density at radius 3 is 2.85 bits per heavy atom. The van der Waals surface area contributed by atoms with Crippen molar-refractivity contribution in [3.8, 4) is 0 Å². The summed E-state index contributed by atoms with van der Waals surface area (Å²) < 4.78 is 13.3. The van der Waals surface area contributed by atoms with Crippen LogP contribution < -0.4 is 0 Å². The number of aldehydes is 1. The van der Waals surface area contributed by atoms with E-state index in [1.807, 2.05) is 6.07 Å². The number of hydrogen-bond acceptors (Lipinski definition) is 1. The van der Waals surface area contributed by atoms with Gasteiger partial charge in [-0.05, 0) is 24.5 Å². The van der Waals surface area contributed by atoms with E-state index in [2.05, 4.69) is 0 Å². The van der Waals surface area contributed by atoms with Gasteiger partial charge in [0.1, 0.15) is 12.0 Å². The third-order valence-corrected chi connectivity index (χ3v) is 2.40. The lowest BCUT2D eigenvalue weighted by Gasteiger charge is -2.04. The molecule has 0 spiro atoms. The number of carbonyl (C=O) groups excluding carboxylic acids is 1. The molecule has 0 unspecified atom stereocenters. The van der Waals surface area contributed by atoms with Crippen LogP contribution in [0.15, 0.2) is 24.3 Å². The normalized spacial score (nSPS) is 18.2. The fraction of sp³-hybridized carbons (Fsp3) is 0.364. The van der Waals surface area contributed by atoms with Gasteiger partial charge in [0.05, 0.1) is 0 Å². The number of benzene rings is 1. The molecule has 0 heterocycles. The van der Waals surface area contributed by atoms with Gasteiger partial charge < -0.3 is 0 Å². The standard InChI is InChI=1S/C11H11FO/c12-11(4-5-11)7-9-2-1-3-10(6-9)8-13/h1-3,6,8H,4-5,7H2. The summed E-state index contributed by atoms with van der Waals surface area (Å²) in [4.78, 5) is 10.4. The topological polar surface area (TPSA) is 17.1 Å². The average molecular weight is 178 g/mol. The first kappa shape index (κ1) is 8.42. The predicted molar refractivity (Wildman–Crippen MR) is 48.6 cm³/mol. The SMILES string of the molecule is O=Cc1cccc(CC2(F)CC2)c1. The fourth-order valence-electron chi connectivity index (χ4n) is 1.45. The second-order valence-corrected chi connectivity index (χ2v) is 3.69. The zero-order valence-corrected chi connectivity index (χ0v) is 7.29. The van der Waals surface area contributed by atoms with Crippen molar-refractivity contribution in [3.63, 3.8) is 0 Å². The van der Waals surface area contributed by atoms with Gasteiger partial charge in [-0.15, -0.1) is 0 Å². The minimum Gasteiger partial charge on any atom is -0.298 e. The summed E-state index contributed by atoms with van der Waals surface area (Å²) in [6.07, 6.45) is 2.58. The van der Waals surface area contributed by atoms with Crippen LogP contribution in [0.25, 0.3) is 0 Å². The van der Waals surface area contributed by atoms with E-state index >= 15 is 0 Å². The summed E-state index contributed by atoms with van der Waals surface area (Å²) in [6.45, 7) is 0. The number of alkyl halides is 1. The molecule has 13 heavy (non-hydrogen) atoms. The highest BCUT2D eigenvalue weighted by atomic mass is 19.1. The first-order valence-corrected chi connectivity index (χ1v) is 4.45. The molecule has 1 nitrogen and oxygen atoms in total. The Morgan fingerprint density at radius 2 is 2.23 bits per heavy atom. The molecule has 1 aliphatic carbocycles. The van der Waals surface area contributed by atoms with E-state index in [-0.39, 0.29) is 0 Å². The van der Waals surface area contributed by atoms with Gasteiger partial charge in [-0.1, -0.05) is 18.2 Å². The Labute approximate surface area is 76.6 Å². The van der Waals surface area contributed by atoms with Crippen molar-refractivity contribution in [1.29, 1.82) is 0 Å². The molecule has 2 rings (SSSR count). The van der Waals surface area contributed by atoms with Crippen molar-refractivity contribution >= 4 is 6.29 Å². The molecule has 1 fully saturated rings. The lowest BCUT2D eigenvalue weighted by Crippen LogP contribution is -2.04. The molecule has 0 bridgehead atoms. The second-order valence-electron chi connectivity index (χ2n) is 3.69. The highest BCUT2D eigenvalue weighted by molar-refractivity contribution is 5.74. The van der Waals surface area contributed by atoms with Gasteiger partial charge in [-0.2, -0.15) is 0 Å². The zero-order valence-electron chi connectivity index (χ0n) is 7.29. The lowest BCUT2D eigenvalue weighted by atomic mass is 10.1. The van der Waals surface area contributed by atoms with E-state index in [4.69, 9.17) is 0 Å². The summed E-state index contributed by atoms with van der Waals surface area (Å²) in [6, 6.07) is 7.15. The van der Waals surface area contributed by atoms with Crippen LogP contribution in [0.1, 0.15) is 28.8 Å². The minimum atomic E-state index is -0.971. The van der Waals surface area contributed by atoms with Gasteiger partial charge in [0.15, 0.2) is 0 Å². The van der Waals surface area contributed by atoms with Crippen molar-refractivity contribution < 1.29 is 9.18 Å². The van der Waals surface area contributed by atoms with Crippen molar-refractivity contribution in [2.75, 3.05) is 0 Å². The molecule has 0 N–H and O–H groups in total. The summed E-state index contributed by atoms with van der Waals surface area (Å²) in [5.74, 6) is 0. The molecule has 1 aromatic carbocycles. The Hall–Kier alpha value is -1.18. The molecule has 0 aromatic heterocycles. The molecular weight excluding hydrogens is 167 g/mol. The maximum absolute atomic E-state index is 13.3. The maximum Gasteiger partial charge on any atom is 0.150 e. The van der Waals surface area contributed by atoms with Crippen LogP contribution in [0.3, 0.4) is 0 Å². The molecular formula is C11H11FO. The van der Waals surface area contributed by atoms with Crippen molar-refractivity contribution in [1.82, 2.24) is 0 Å². The molecule has 2 heteroatoms. The van der Waals surface area contributed by atoms with Crippen molar-refractivity contribution in [2.24, 2.45) is 0 Å². The molecule has 0 saturated heterocycles. The number of halogens is 1. The monoisotopic (exact) mass is 178 g/mol. The van der Waals surface area contributed by atoms with Crippen LogP contribution in [0.5, 0.6) is 0 Å². The highest BCUT2D eigenvalue weighted by Crippen LogP contribution is 2.42. The van der Waals surface area contributed by atoms with Crippen LogP contribution in [0, 0.1) is 0 Å². The van der Waals surface area contributed by atoms with Gasteiger partial charge in [0, 0.05) is 12.0 Å². The lowest BCUT2D eigenvalue weighted by molar-refractivity contribution is 0.112. The van der Waals surface area contributed by atoms with Crippen molar-refractivity contribution in [2.45, 2.75) is 24.9 Å². The number of rotatable bonds is 3. The molecule has 0 atom stereocenters. The van der Waals surface area contributed by atoms with Crippen molar-refractivity contribution in [3.05, 3.63) is 35.4 Å². The summed E-state index contributed by atoms with van der Waals surface area (Å²) in [5, 5.41) is 0. The van der Waals surface area contributed by atoms with Gasteiger partial charge in [-0.3, -0.25) is 4.79 Å². The number of carbonyl (C=O) groups is 1. The van der Waals surface area contributed by atoms with E-state index in [9.17, 15) is 9.18 Å². The van der Waals surface area contributed by atoms with Crippen LogP contribution in [0.2, 0.25) is 0 Å². The van der Waals surface area contributed by atoms with Crippen LogP contribution in [-0.2, 0) is 6.42 Å². The Kier molecular flexibility index (Phi) is 1.91. The Balaban J connectivity index is 2.15. The maximum atomic E-state index is 13.3. The van der Waals surface area contributed by atoms with E-state index in [1.165, 1.54) is 0 Å². The fourth-order valence-corrected chi connectivity index (χ4v) is 1.45. The molecule has 0 aliphatic heterocycles. The first-order valence-electron chi connectivity index (χ1n) is 4.45. The Morgan fingerprint density at radius 1 is 1.46 bits per heavy atom. The second kappa shape index (κ2) is 2.95.